The second-order valence-electron chi connectivity index (χ2n) is 4.87. The molecule has 0 radical (unpaired) electrons. The van der Waals surface area contributed by atoms with Crippen molar-refractivity contribution in [3.8, 4) is 5.75 Å². The van der Waals surface area contributed by atoms with Crippen LogP contribution in [0.15, 0.2) is 18.2 Å². The third-order valence-corrected chi connectivity index (χ3v) is 3.71. The molecule has 0 aromatic heterocycles. The van der Waals surface area contributed by atoms with Crippen LogP contribution in [0.5, 0.6) is 5.75 Å². The molecule has 2 nitrogen and oxygen atoms in total. The zero-order chi connectivity index (χ0) is 13.5. The zero-order valence-corrected chi connectivity index (χ0v) is 12.4. The third-order valence-electron chi connectivity index (χ3n) is 3.41. The summed E-state index contributed by atoms with van der Waals surface area (Å²) in [5, 5.41) is 9.87. The summed E-state index contributed by atoms with van der Waals surface area (Å²) < 4.78 is 0. The Balaban J connectivity index is 2.71. The first-order chi connectivity index (χ1) is 8.58. The van der Waals surface area contributed by atoms with Gasteiger partial charge in [-0.3, -0.25) is 4.90 Å². The van der Waals surface area contributed by atoms with E-state index < -0.39 is 0 Å². The Bertz CT molecular complexity index is 368. The molecule has 1 unspecified atom stereocenters. The Morgan fingerprint density at radius 1 is 1.33 bits per heavy atom. The fraction of sp³-hybridized carbons (Fsp3) is 0.600. The van der Waals surface area contributed by atoms with Crippen LogP contribution in [0.1, 0.15) is 45.6 Å². The molecule has 1 atom stereocenters. The van der Waals surface area contributed by atoms with Crippen LogP contribution < -0.4 is 0 Å². The van der Waals surface area contributed by atoms with Gasteiger partial charge in [0.25, 0.3) is 0 Å². The van der Waals surface area contributed by atoms with Crippen molar-refractivity contribution >= 4 is 11.6 Å². The van der Waals surface area contributed by atoms with E-state index in [4.69, 9.17) is 11.6 Å². The van der Waals surface area contributed by atoms with E-state index >= 15 is 0 Å². The summed E-state index contributed by atoms with van der Waals surface area (Å²) in [4.78, 5) is 2.48. The molecule has 1 aromatic rings. The minimum Gasteiger partial charge on any atom is -0.506 e. The molecule has 0 saturated heterocycles. The molecule has 0 saturated carbocycles. The minimum atomic E-state index is 0.157. The topological polar surface area (TPSA) is 23.5 Å². The van der Waals surface area contributed by atoms with Crippen LogP contribution in [-0.4, -0.2) is 22.6 Å². The average molecular weight is 270 g/mol. The van der Waals surface area contributed by atoms with Crippen molar-refractivity contribution in [1.82, 2.24) is 4.90 Å². The van der Waals surface area contributed by atoms with Crippen molar-refractivity contribution in [1.29, 1.82) is 0 Å². The Kier molecular flexibility index (Phi) is 6.51. The summed E-state index contributed by atoms with van der Waals surface area (Å²) in [5.74, 6) is 0.157. The Hall–Kier alpha value is -0.730. The highest BCUT2D eigenvalue weighted by atomic mass is 35.5. The number of phenols is 1. The summed E-state index contributed by atoms with van der Waals surface area (Å²) in [6.07, 6.45) is 3.58. The summed E-state index contributed by atoms with van der Waals surface area (Å²) in [7, 11) is 0. The minimum absolute atomic E-state index is 0.157. The largest absolute Gasteiger partial charge is 0.506 e. The van der Waals surface area contributed by atoms with Crippen molar-refractivity contribution < 1.29 is 5.11 Å². The molecule has 0 aliphatic carbocycles. The third kappa shape index (κ3) is 4.51. The number of unbranched alkanes of at least 4 members (excludes halogenated alkanes) is 1. The number of phenolic OH excluding ortho intramolecular Hbond substituents is 1. The lowest BCUT2D eigenvalue weighted by molar-refractivity contribution is 0.192. The van der Waals surface area contributed by atoms with E-state index in [1.165, 1.54) is 12.8 Å². The van der Waals surface area contributed by atoms with Gasteiger partial charge in [0.05, 0.1) is 5.02 Å². The molecule has 1 N–H and O–H groups in total. The van der Waals surface area contributed by atoms with Gasteiger partial charge in [-0.25, -0.2) is 0 Å². The predicted molar refractivity (Wildman–Crippen MR) is 78.2 cm³/mol. The molecule has 0 aliphatic heterocycles. The Labute approximate surface area is 116 Å². The summed E-state index contributed by atoms with van der Waals surface area (Å²) in [6, 6.07) is 6.05. The molecule has 0 spiro atoms. The molecule has 102 valence electrons. The lowest BCUT2D eigenvalue weighted by Crippen LogP contribution is -2.33. The first-order valence-corrected chi connectivity index (χ1v) is 7.17. The molecule has 0 fully saturated rings. The normalized spacial score (nSPS) is 12.9. The molecule has 18 heavy (non-hydrogen) atoms. The predicted octanol–water partition coefficient (Wildman–Crippen LogP) is 4.45. The van der Waals surface area contributed by atoms with E-state index in [2.05, 4.69) is 25.7 Å². The average Bonchev–Trinajstić information content (AvgIpc) is 2.37. The second kappa shape index (κ2) is 7.65. The van der Waals surface area contributed by atoms with E-state index in [1.807, 2.05) is 12.1 Å². The fourth-order valence-electron chi connectivity index (χ4n) is 1.96. The van der Waals surface area contributed by atoms with Gasteiger partial charge in [-0.15, -0.1) is 0 Å². The van der Waals surface area contributed by atoms with E-state index in [9.17, 15) is 5.11 Å². The van der Waals surface area contributed by atoms with Crippen LogP contribution in [0.4, 0.5) is 0 Å². The van der Waals surface area contributed by atoms with Gasteiger partial charge in [-0.05, 0) is 44.0 Å². The second-order valence-corrected chi connectivity index (χ2v) is 5.27. The lowest BCUT2D eigenvalue weighted by Gasteiger charge is -2.28. The molecule has 0 bridgehead atoms. The highest BCUT2D eigenvalue weighted by molar-refractivity contribution is 6.32. The smallest absolute Gasteiger partial charge is 0.134 e. The maximum absolute atomic E-state index is 9.43. The number of aromatic hydroxyl groups is 1. The van der Waals surface area contributed by atoms with Gasteiger partial charge < -0.3 is 5.11 Å². The quantitative estimate of drug-likeness (QED) is 0.791. The number of benzene rings is 1. The molecule has 0 heterocycles. The first-order valence-electron chi connectivity index (χ1n) is 6.79. The van der Waals surface area contributed by atoms with Gasteiger partial charge in [-0.2, -0.15) is 0 Å². The van der Waals surface area contributed by atoms with Crippen molar-refractivity contribution in [2.45, 2.75) is 52.6 Å². The highest BCUT2D eigenvalue weighted by Crippen LogP contribution is 2.24. The van der Waals surface area contributed by atoms with Crippen LogP contribution in [0.25, 0.3) is 0 Å². The molecular weight excluding hydrogens is 246 g/mol. The van der Waals surface area contributed by atoms with Gasteiger partial charge in [0.2, 0.25) is 0 Å². The molecule has 0 amide bonds. The summed E-state index contributed by atoms with van der Waals surface area (Å²) in [6.45, 7) is 8.70. The fourth-order valence-corrected chi connectivity index (χ4v) is 2.16. The number of hydrogen-bond donors (Lipinski definition) is 1. The van der Waals surface area contributed by atoms with Crippen molar-refractivity contribution in [2.75, 3.05) is 6.54 Å². The van der Waals surface area contributed by atoms with Crippen LogP contribution >= 0.6 is 11.6 Å². The highest BCUT2D eigenvalue weighted by Gasteiger charge is 2.12. The number of rotatable bonds is 7. The molecule has 1 rings (SSSR count). The summed E-state index contributed by atoms with van der Waals surface area (Å²) in [5.41, 5.74) is 1.16. The molecule has 1 aromatic carbocycles. The van der Waals surface area contributed by atoms with Gasteiger partial charge in [0.1, 0.15) is 5.75 Å². The Morgan fingerprint density at radius 3 is 2.61 bits per heavy atom. The Morgan fingerprint density at radius 2 is 2.06 bits per heavy atom. The summed E-state index contributed by atoms with van der Waals surface area (Å²) >= 11 is 5.95. The van der Waals surface area contributed by atoms with Gasteiger partial charge >= 0.3 is 0 Å². The van der Waals surface area contributed by atoms with Crippen LogP contribution in [0.2, 0.25) is 5.02 Å². The van der Waals surface area contributed by atoms with Crippen molar-refractivity contribution in [2.24, 2.45) is 0 Å². The van der Waals surface area contributed by atoms with Gasteiger partial charge in [-0.1, -0.05) is 37.9 Å². The number of halogens is 1. The molecular formula is C15H24ClNO. The van der Waals surface area contributed by atoms with Gasteiger partial charge in [0, 0.05) is 12.6 Å². The van der Waals surface area contributed by atoms with Crippen LogP contribution in [0.3, 0.4) is 0 Å². The maximum atomic E-state index is 9.43. The maximum Gasteiger partial charge on any atom is 0.134 e. The number of hydrogen-bond acceptors (Lipinski definition) is 2. The standard InChI is InChI=1S/C15H24ClNO/c1-4-6-9-17(12(3)5-2)11-13-7-8-15(18)14(16)10-13/h7-8,10,12,18H,4-6,9,11H2,1-3H3. The lowest BCUT2D eigenvalue weighted by atomic mass is 10.1. The zero-order valence-electron chi connectivity index (χ0n) is 11.6. The monoisotopic (exact) mass is 269 g/mol. The SMILES string of the molecule is CCCCN(Cc1ccc(O)c(Cl)c1)C(C)CC. The van der Waals surface area contributed by atoms with E-state index in [0.29, 0.717) is 11.1 Å². The van der Waals surface area contributed by atoms with Gasteiger partial charge in [0.15, 0.2) is 0 Å². The van der Waals surface area contributed by atoms with Crippen molar-refractivity contribution in [3.05, 3.63) is 28.8 Å². The van der Waals surface area contributed by atoms with E-state index in [0.717, 1.165) is 25.1 Å². The first kappa shape index (κ1) is 15.3. The number of nitrogens with zero attached hydrogens (tertiary/aromatic N) is 1. The molecule has 3 heteroatoms. The van der Waals surface area contributed by atoms with Crippen LogP contribution in [-0.2, 0) is 6.54 Å². The van der Waals surface area contributed by atoms with E-state index in [1.54, 1.807) is 6.07 Å². The molecule has 0 aliphatic rings. The van der Waals surface area contributed by atoms with Crippen LogP contribution in [0, 0.1) is 0 Å². The van der Waals surface area contributed by atoms with Crippen molar-refractivity contribution in [3.63, 3.8) is 0 Å². The van der Waals surface area contributed by atoms with E-state index in [-0.39, 0.29) is 5.75 Å².